The lowest BCUT2D eigenvalue weighted by Gasteiger charge is -2.40. The lowest BCUT2D eigenvalue weighted by atomic mass is 9.90. The largest absolute Gasteiger partial charge is 0.478 e. The lowest BCUT2D eigenvalue weighted by Crippen LogP contribution is -2.54. The van der Waals surface area contributed by atoms with E-state index in [9.17, 15) is 9.18 Å². The molecule has 1 fully saturated rings. The number of alkyl halides is 1. The molecule has 3 rings (SSSR count). The van der Waals surface area contributed by atoms with Crippen LogP contribution in [0.1, 0.15) is 51.8 Å². The molecule has 2 aliphatic rings. The zero-order valence-electron chi connectivity index (χ0n) is 19.4. The Morgan fingerprint density at radius 2 is 2.06 bits per heavy atom. The van der Waals surface area contributed by atoms with Crippen LogP contribution < -0.4 is 5.32 Å². The Morgan fingerprint density at radius 3 is 2.69 bits per heavy atom. The predicted molar refractivity (Wildman–Crippen MR) is 119 cm³/mol. The number of nitrogens with zero attached hydrogens (tertiary/aromatic N) is 4. The second kappa shape index (κ2) is 9.01. The first kappa shape index (κ1) is 23.9. The third kappa shape index (κ3) is 4.55. The van der Waals surface area contributed by atoms with E-state index in [2.05, 4.69) is 27.1 Å². The average molecular weight is 451 g/mol. The van der Waals surface area contributed by atoms with E-state index in [1.165, 1.54) is 0 Å². The first-order valence-corrected chi connectivity index (χ1v) is 10.8. The van der Waals surface area contributed by atoms with Crippen molar-refractivity contribution in [3.05, 3.63) is 35.2 Å². The fourth-order valence-corrected chi connectivity index (χ4v) is 4.04. The van der Waals surface area contributed by atoms with Crippen LogP contribution in [-0.2, 0) is 21.6 Å². The molecule has 1 amide bonds. The second-order valence-corrected chi connectivity index (χ2v) is 8.83. The van der Waals surface area contributed by atoms with Crippen LogP contribution in [0.5, 0.6) is 0 Å². The van der Waals surface area contributed by atoms with Gasteiger partial charge in [0, 0.05) is 31.5 Å². The molecule has 1 aromatic rings. The molecule has 2 N–H and O–H groups in total. The van der Waals surface area contributed by atoms with Gasteiger partial charge in [0.25, 0.3) is 5.91 Å². The molecule has 8 nitrogen and oxygen atoms in total. The third-order valence-electron chi connectivity index (χ3n) is 6.17. The number of carbonyl (C=O) groups is 1. The van der Waals surface area contributed by atoms with Crippen LogP contribution in [0, 0.1) is 0 Å². The van der Waals surface area contributed by atoms with Gasteiger partial charge < -0.3 is 19.9 Å². The molecular formula is C22H32F2N6O2. The average Bonchev–Trinajstić information content (AvgIpc) is 3.26. The Kier molecular flexibility index (Phi) is 6.73. The molecule has 10 heteroatoms. The summed E-state index contributed by atoms with van der Waals surface area (Å²) in [6.45, 7) is 12.3. The smallest absolute Gasteiger partial charge is 0.261 e. The lowest BCUT2D eigenvalue weighted by molar-refractivity contribution is -0.153. The Hall–Kier alpha value is -2.75. The fraction of sp³-hybridized carbons (Fsp3) is 0.591. The van der Waals surface area contributed by atoms with Crippen molar-refractivity contribution in [2.45, 2.75) is 58.3 Å². The molecule has 0 spiro atoms. The number of allylic oxidation sites excluding steroid dienone is 2. The molecular weight excluding hydrogens is 418 g/mol. The molecule has 0 aromatic carbocycles. The van der Waals surface area contributed by atoms with Gasteiger partial charge in [-0.3, -0.25) is 9.89 Å². The summed E-state index contributed by atoms with van der Waals surface area (Å²) in [6.07, 6.45) is 1.36. The highest BCUT2D eigenvalue weighted by molar-refractivity contribution is 5.87. The van der Waals surface area contributed by atoms with E-state index < -0.39 is 22.9 Å². The van der Waals surface area contributed by atoms with Crippen LogP contribution in [0.4, 0.5) is 14.6 Å². The van der Waals surface area contributed by atoms with Crippen LogP contribution in [0.15, 0.2) is 29.0 Å². The predicted octanol–water partition coefficient (Wildman–Crippen LogP) is 3.61. The number of hydrogen-bond donors (Lipinski definition) is 2. The highest BCUT2D eigenvalue weighted by Gasteiger charge is 2.51. The number of anilines is 1. The first-order chi connectivity index (χ1) is 15.0. The summed E-state index contributed by atoms with van der Waals surface area (Å²) in [7, 11) is 1.92. The fourth-order valence-electron chi connectivity index (χ4n) is 4.04. The number of halogens is 2. The SMILES string of the molecule is C=C(N=C/C(F)=C(\C)Nc1n[nH]c2c1CN(C(=O)C1(F)CCN(C)CC1)C2(C)C)OCC. The molecule has 32 heavy (non-hydrogen) atoms. The Balaban J connectivity index is 1.78. The van der Waals surface area contributed by atoms with E-state index in [0.29, 0.717) is 36.8 Å². The van der Waals surface area contributed by atoms with Crippen molar-refractivity contribution in [3.63, 3.8) is 0 Å². The first-order valence-electron chi connectivity index (χ1n) is 10.8. The molecule has 0 aliphatic carbocycles. The van der Waals surface area contributed by atoms with Gasteiger partial charge in [0.2, 0.25) is 5.88 Å². The van der Waals surface area contributed by atoms with Crippen molar-refractivity contribution in [3.8, 4) is 0 Å². The van der Waals surface area contributed by atoms with Gasteiger partial charge >= 0.3 is 0 Å². The maximum Gasteiger partial charge on any atom is 0.261 e. The topological polar surface area (TPSA) is 85.8 Å². The summed E-state index contributed by atoms with van der Waals surface area (Å²) < 4.78 is 35.0. The maximum atomic E-state index is 15.5. The maximum absolute atomic E-state index is 15.5. The number of rotatable bonds is 7. The van der Waals surface area contributed by atoms with Gasteiger partial charge in [0.1, 0.15) is 0 Å². The van der Waals surface area contributed by atoms with Crippen molar-refractivity contribution in [2.24, 2.45) is 4.99 Å². The number of hydrogen-bond acceptors (Lipinski definition) is 6. The van der Waals surface area contributed by atoms with Gasteiger partial charge in [-0.25, -0.2) is 13.8 Å². The zero-order chi connectivity index (χ0) is 23.7. The number of amides is 1. The van der Waals surface area contributed by atoms with Crippen molar-refractivity contribution in [1.29, 1.82) is 0 Å². The summed E-state index contributed by atoms with van der Waals surface area (Å²) in [5.41, 5.74) is -1.05. The zero-order valence-corrected chi connectivity index (χ0v) is 19.4. The van der Waals surface area contributed by atoms with Crippen molar-refractivity contribution in [2.75, 3.05) is 32.1 Å². The van der Waals surface area contributed by atoms with Gasteiger partial charge in [-0.1, -0.05) is 0 Å². The molecule has 0 atom stereocenters. The van der Waals surface area contributed by atoms with Crippen LogP contribution in [0.2, 0.25) is 0 Å². The van der Waals surface area contributed by atoms with E-state index in [-0.39, 0.29) is 31.0 Å². The number of ether oxygens (including phenoxy) is 1. The van der Waals surface area contributed by atoms with Crippen molar-refractivity contribution < 1.29 is 18.3 Å². The highest BCUT2D eigenvalue weighted by atomic mass is 19.1. The highest BCUT2D eigenvalue weighted by Crippen LogP contribution is 2.43. The molecule has 1 saturated heterocycles. The minimum Gasteiger partial charge on any atom is -0.478 e. The molecule has 3 heterocycles. The van der Waals surface area contributed by atoms with Crippen molar-refractivity contribution >= 4 is 17.9 Å². The van der Waals surface area contributed by atoms with E-state index >= 15 is 4.39 Å². The molecule has 2 aliphatic heterocycles. The van der Waals surface area contributed by atoms with E-state index in [1.54, 1.807) is 18.7 Å². The Bertz CT molecular complexity index is 944. The van der Waals surface area contributed by atoms with E-state index in [4.69, 9.17) is 4.74 Å². The number of carbonyl (C=O) groups excluding carboxylic acids is 1. The van der Waals surface area contributed by atoms with Gasteiger partial charge in [-0.2, -0.15) is 5.10 Å². The number of H-pyrrole nitrogens is 1. The third-order valence-corrected chi connectivity index (χ3v) is 6.17. The van der Waals surface area contributed by atoms with Crippen LogP contribution in [0.3, 0.4) is 0 Å². The molecule has 0 unspecified atom stereocenters. The Morgan fingerprint density at radius 1 is 1.41 bits per heavy atom. The van der Waals surface area contributed by atoms with Gasteiger partial charge in [0.15, 0.2) is 17.3 Å². The quantitative estimate of drug-likeness (QED) is 0.490. The number of piperidine rings is 1. The number of nitrogens with one attached hydrogen (secondary N) is 2. The van der Waals surface area contributed by atoms with Gasteiger partial charge in [-0.05, 0) is 41.3 Å². The molecule has 176 valence electrons. The number of aliphatic imine (C=N–C) groups is 1. The van der Waals surface area contributed by atoms with Crippen LogP contribution in [-0.4, -0.2) is 64.5 Å². The monoisotopic (exact) mass is 450 g/mol. The van der Waals surface area contributed by atoms with Crippen molar-refractivity contribution in [1.82, 2.24) is 20.0 Å². The minimum atomic E-state index is -1.88. The summed E-state index contributed by atoms with van der Waals surface area (Å²) >= 11 is 0. The van der Waals surface area contributed by atoms with Gasteiger partial charge in [0.05, 0.1) is 36.3 Å². The second-order valence-electron chi connectivity index (χ2n) is 8.83. The number of aromatic nitrogens is 2. The number of aromatic amines is 1. The van der Waals surface area contributed by atoms with E-state index in [0.717, 1.165) is 6.21 Å². The normalized spacial score (nSPS) is 20.8. The van der Waals surface area contributed by atoms with Gasteiger partial charge in [-0.15, -0.1) is 0 Å². The van der Waals surface area contributed by atoms with Crippen LogP contribution in [0.25, 0.3) is 0 Å². The Labute approximate surface area is 187 Å². The molecule has 0 bridgehead atoms. The molecule has 0 saturated carbocycles. The summed E-state index contributed by atoms with van der Waals surface area (Å²) in [6, 6.07) is 0. The number of likely N-dealkylation sites (tertiary alicyclic amines) is 1. The van der Waals surface area contributed by atoms with E-state index in [1.807, 2.05) is 25.8 Å². The van der Waals surface area contributed by atoms with Crippen LogP contribution >= 0.6 is 0 Å². The number of fused-ring (bicyclic) bond motifs is 1. The molecule has 0 radical (unpaired) electrons. The molecule has 1 aromatic heterocycles. The summed E-state index contributed by atoms with van der Waals surface area (Å²) in [5.74, 6) is -0.613. The summed E-state index contributed by atoms with van der Waals surface area (Å²) in [4.78, 5) is 20.6. The minimum absolute atomic E-state index is 0.112. The summed E-state index contributed by atoms with van der Waals surface area (Å²) in [5, 5.41) is 10.1. The standard InChI is InChI=1S/C22H32F2N6O2/c1-7-32-15(3)25-12-17(23)14(2)26-19-16-13-30(21(4,5)18(16)27-28-19)20(31)22(24)8-10-29(6)11-9-22/h12H,3,7-11,13H2,1-2,4-6H3,(H2,26,27,28)/b17-14-,25-12?.